The van der Waals surface area contributed by atoms with E-state index in [1.54, 1.807) is 30.6 Å². The average Bonchev–Trinajstić information content (AvgIpc) is 3.38. The number of nitrogens with one attached hydrogen (secondary N) is 1. The normalized spacial score (nSPS) is 23.0. The van der Waals surface area contributed by atoms with Crippen molar-refractivity contribution in [2.75, 3.05) is 31.6 Å². The highest BCUT2D eigenvalue weighted by atomic mass is 32.2. The summed E-state index contributed by atoms with van der Waals surface area (Å²) in [4.78, 5) is 13.4. The molecule has 0 bridgehead atoms. The summed E-state index contributed by atoms with van der Waals surface area (Å²) in [6.07, 6.45) is -0.290. The molecule has 3 N–H and O–H groups in total. The molecule has 3 aromatic rings. The summed E-state index contributed by atoms with van der Waals surface area (Å²) in [7, 11) is -3.78. The summed E-state index contributed by atoms with van der Waals surface area (Å²) < 4.78 is 73.8. The standard InChI is InChI=1S/C26H30FN3O3S.C2HF3O2/c27-21-12-18(13-21)8-11-29-25-6-7-26(22-9-10-28-14-23(22)25)34(32,33)30-15-20(17-31)24(16-30)19-4-2-1-3-5-19;3-2(4,5)1(6)7/h1-7,9-10,14,18,20-21,24,29,31H,8,11-13,15-17H2;(H,6,7)/t18?,20-,21?,24-;/m0./s1. The Balaban J connectivity index is 0.000000493. The molecule has 1 aromatic heterocycles. The van der Waals surface area contributed by atoms with Crippen LogP contribution in [0.5, 0.6) is 0 Å². The first kappa shape index (κ1) is 30.7. The minimum Gasteiger partial charge on any atom is -0.475 e. The number of aromatic nitrogens is 1. The first-order valence-corrected chi connectivity index (χ1v) is 14.6. The molecule has 1 saturated carbocycles. The number of hydrogen-bond acceptors (Lipinski definition) is 6. The first-order chi connectivity index (χ1) is 19.4. The van der Waals surface area contributed by atoms with Gasteiger partial charge in [-0.25, -0.2) is 17.6 Å². The number of aliphatic hydroxyl groups excluding tert-OH is 1. The Morgan fingerprint density at radius 3 is 2.34 bits per heavy atom. The number of rotatable bonds is 8. The van der Waals surface area contributed by atoms with Gasteiger partial charge in [0.15, 0.2) is 0 Å². The highest BCUT2D eigenvalue weighted by molar-refractivity contribution is 7.89. The van der Waals surface area contributed by atoms with Crippen LogP contribution in [0.25, 0.3) is 10.8 Å². The number of carbonyl (C=O) groups is 1. The molecule has 2 aliphatic rings. The van der Waals surface area contributed by atoms with Gasteiger partial charge in [0.05, 0.1) is 4.90 Å². The lowest BCUT2D eigenvalue weighted by atomic mass is 9.81. The molecule has 2 heterocycles. The molecule has 0 unspecified atom stereocenters. The van der Waals surface area contributed by atoms with E-state index in [9.17, 15) is 31.1 Å². The van der Waals surface area contributed by atoms with E-state index < -0.39 is 28.3 Å². The van der Waals surface area contributed by atoms with E-state index in [2.05, 4.69) is 10.3 Å². The number of halogens is 4. The molecule has 41 heavy (non-hydrogen) atoms. The van der Waals surface area contributed by atoms with Crippen molar-refractivity contribution in [1.82, 2.24) is 9.29 Å². The molecule has 0 radical (unpaired) electrons. The quantitative estimate of drug-likeness (QED) is 0.319. The summed E-state index contributed by atoms with van der Waals surface area (Å²) in [5, 5.41) is 21.8. The number of anilines is 1. The van der Waals surface area contributed by atoms with E-state index in [4.69, 9.17) is 9.90 Å². The van der Waals surface area contributed by atoms with Crippen molar-refractivity contribution >= 4 is 32.5 Å². The van der Waals surface area contributed by atoms with Gasteiger partial charge in [-0.1, -0.05) is 30.3 Å². The van der Waals surface area contributed by atoms with E-state index in [0.717, 1.165) is 23.1 Å². The zero-order chi connectivity index (χ0) is 29.8. The van der Waals surface area contributed by atoms with Gasteiger partial charge in [-0.15, -0.1) is 0 Å². The van der Waals surface area contributed by atoms with Crippen molar-refractivity contribution in [3.63, 3.8) is 0 Å². The average molecular weight is 598 g/mol. The van der Waals surface area contributed by atoms with Gasteiger partial charge in [-0.05, 0) is 48.9 Å². The maximum absolute atomic E-state index is 13.7. The van der Waals surface area contributed by atoms with Crippen LogP contribution in [-0.4, -0.2) is 72.5 Å². The van der Waals surface area contributed by atoms with Gasteiger partial charge in [-0.2, -0.15) is 17.5 Å². The Morgan fingerprint density at radius 1 is 1.05 bits per heavy atom. The van der Waals surface area contributed by atoms with E-state index in [1.807, 2.05) is 30.3 Å². The lowest BCUT2D eigenvalue weighted by Crippen LogP contribution is -2.29. The second-order valence-corrected chi connectivity index (χ2v) is 12.2. The lowest BCUT2D eigenvalue weighted by molar-refractivity contribution is -0.192. The number of fused-ring (bicyclic) bond motifs is 1. The predicted molar refractivity (Wildman–Crippen MR) is 145 cm³/mol. The molecular weight excluding hydrogens is 566 g/mol. The van der Waals surface area contributed by atoms with Crippen LogP contribution in [-0.2, 0) is 14.8 Å². The molecular formula is C28H31F4N3O5S. The smallest absolute Gasteiger partial charge is 0.475 e. The fourth-order valence-corrected chi connectivity index (χ4v) is 6.99. The number of sulfonamides is 1. The van der Waals surface area contributed by atoms with Crippen LogP contribution in [0.4, 0.5) is 23.2 Å². The molecule has 8 nitrogen and oxygen atoms in total. The fourth-order valence-electron chi connectivity index (χ4n) is 5.27. The van der Waals surface area contributed by atoms with Crippen molar-refractivity contribution in [3.05, 3.63) is 66.5 Å². The topological polar surface area (TPSA) is 120 Å². The molecule has 222 valence electrons. The number of aliphatic carboxylic acids is 1. The highest BCUT2D eigenvalue weighted by Crippen LogP contribution is 2.38. The number of nitrogens with zero attached hydrogens (tertiary/aromatic N) is 2. The van der Waals surface area contributed by atoms with Crippen molar-refractivity contribution in [2.24, 2.45) is 11.8 Å². The number of alkyl halides is 4. The minimum absolute atomic E-state index is 0.0507. The van der Waals surface area contributed by atoms with Gasteiger partial charge in [-0.3, -0.25) is 4.98 Å². The zero-order valence-corrected chi connectivity index (χ0v) is 22.8. The maximum atomic E-state index is 13.7. The Labute approximate surface area is 235 Å². The number of benzene rings is 2. The molecule has 2 atom stereocenters. The van der Waals surface area contributed by atoms with Gasteiger partial charge in [0.2, 0.25) is 10.0 Å². The van der Waals surface area contributed by atoms with Crippen LogP contribution in [0.2, 0.25) is 0 Å². The summed E-state index contributed by atoms with van der Waals surface area (Å²) in [6, 6.07) is 15.0. The van der Waals surface area contributed by atoms with Gasteiger partial charge >= 0.3 is 12.1 Å². The van der Waals surface area contributed by atoms with E-state index in [1.165, 1.54) is 4.31 Å². The lowest BCUT2D eigenvalue weighted by Gasteiger charge is -2.29. The van der Waals surface area contributed by atoms with Crippen LogP contribution in [0.15, 0.2) is 65.8 Å². The minimum atomic E-state index is -5.08. The molecule has 2 aromatic carbocycles. The van der Waals surface area contributed by atoms with Crippen molar-refractivity contribution < 1.29 is 41.0 Å². The molecule has 5 rings (SSSR count). The van der Waals surface area contributed by atoms with Gasteiger partial charge < -0.3 is 15.5 Å². The molecule has 1 saturated heterocycles. The summed E-state index contributed by atoms with van der Waals surface area (Å²) in [5.41, 5.74) is 1.87. The number of hydrogen-bond donors (Lipinski definition) is 3. The summed E-state index contributed by atoms with van der Waals surface area (Å²) >= 11 is 0. The maximum Gasteiger partial charge on any atom is 0.490 e. The van der Waals surface area contributed by atoms with E-state index >= 15 is 0 Å². The molecule has 0 spiro atoms. The second-order valence-electron chi connectivity index (χ2n) is 10.3. The highest BCUT2D eigenvalue weighted by Gasteiger charge is 2.40. The van der Waals surface area contributed by atoms with Crippen molar-refractivity contribution in [1.29, 1.82) is 0 Å². The number of carboxylic acid groups (broad SMARTS) is 1. The fraction of sp³-hybridized carbons (Fsp3) is 0.429. The third-order valence-corrected chi connectivity index (χ3v) is 9.44. The van der Waals surface area contributed by atoms with Crippen LogP contribution in [0, 0.1) is 11.8 Å². The molecule has 13 heteroatoms. The van der Waals surface area contributed by atoms with Gasteiger partial charge in [0.25, 0.3) is 0 Å². The van der Waals surface area contributed by atoms with Crippen LogP contribution in [0.3, 0.4) is 0 Å². The Hall–Kier alpha value is -3.29. The third kappa shape index (κ3) is 7.14. The van der Waals surface area contributed by atoms with E-state index in [-0.39, 0.29) is 29.9 Å². The molecule has 2 fully saturated rings. The van der Waals surface area contributed by atoms with Gasteiger partial charge in [0, 0.05) is 66.9 Å². The molecule has 1 aliphatic carbocycles. The van der Waals surface area contributed by atoms with Crippen LogP contribution >= 0.6 is 0 Å². The van der Waals surface area contributed by atoms with Crippen molar-refractivity contribution in [2.45, 2.75) is 42.4 Å². The summed E-state index contributed by atoms with van der Waals surface area (Å²) in [6.45, 7) is 1.25. The predicted octanol–water partition coefficient (Wildman–Crippen LogP) is 4.81. The number of pyridine rings is 1. The third-order valence-electron chi connectivity index (χ3n) is 7.55. The van der Waals surface area contributed by atoms with E-state index in [0.29, 0.717) is 37.2 Å². The zero-order valence-electron chi connectivity index (χ0n) is 22.0. The monoisotopic (exact) mass is 597 g/mol. The first-order valence-electron chi connectivity index (χ1n) is 13.1. The Morgan fingerprint density at radius 2 is 1.73 bits per heavy atom. The van der Waals surface area contributed by atoms with Gasteiger partial charge in [0.1, 0.15) is 6.17 Å². The molecule has 0 amide bonds. The van der Waals surface area contributed by atoms with Crippen molar-refractivity contribution in [3.8, 4) is 0 Å². The summed E-state index contributed by atoms with van der Waals surface area (Å²) in [5.74, 6) is -2.54. The largest absolute Gasteiger partial charge is 0.490 e. The number of aliphatic hydroxyl groups is 1. The second kappa shape index (κ2) is 12.7. The van der Waals surface area contributed by atoms with Crippen LogP contribution < -0.4 is 5.32 Å². The Bertz CT molecular complexity index is 1450. The Kier molecular flexibility index (Phi) is 9.50. The number of carboxylic acids is 1. The molecule has 1 aliphatic heterocycles. The SMILES string of the molecule is O=C(O)C(F)(F)F.O=S(=O)(c1ccc(NCCC2CC(F)C2)c2cnccc12)N1C[C@@H](CO)[C@H](c2ccccc2)C1. The van der Waals surface area contributed by atoms with Crippen LogP contribution in [0.1, 0.15) is 30.7 Å².